The smallest absolute Gasteiger partial charge is 0.241 e. The third kappa shape index (κ3) is 1.97. The van der Waals surface area contributed by atoms with Gasteiger partial charge in [0.15, 0.2) is 0 Å². The lowest BCUT2D eigenvalue weighted by molar-refractivity contribution is -0.134. The number of rotatable bonds is 4. The minimum absolute atomic E-state index is 0.0529. The SMILES string of the molecule is CCCC1NC(C(C)C)C(=O)N1C1CCC1. The Labute approximate surface area is 98.6 Å². The summed E-state index contributed by atoms with van der Waals surface area (Å²) in [4.78, 5) is 14.5. The number of nitrogens with one attached hydrogen (secondary N) is 1. The number of carbonyl (C=O) groups is 1. The summed E-state index contributed by atoms with van der Waals surface area (Å²) in [5, 5.41) is 3.52. The summed E-state index contributed by atoms with van der Waals surface area (Å²) in [7, 11) is 0. The van der Waals surface area contributed by atoms with Gasteiger partial charge in [-0.25, -0.2) is 0 Å². The van der Waals surface area contributed by atoms with Crippen LogP contribution < -0.4 is 5.32 Å². The van der Waals surface area contributed by atoms with E-state index in [2.05, 4.69) is 31.0 Å². The molecule has 1 saturated heterocycles. The number of amides is 1. The molecule has 0 radical (unpaired) electrons. The Hall–Kier alpha value is -0.570. The fourth-order valence-electron chi connectivity index (χ4n) is 2.75. The average molecular weight is 224 g/mol. The Morgan fingerprint density at radius 3 is 2.56 bits per heavy atom. The number of carbonyl (C=O) groups excluding carboxylic acids is 1. The zero-order chi connectivity index (χ0) is 11.7. The number of hydrogen-bond donors (Lipinski definition) is 1. The van der Waals surface area contributed by atoms with Crippen molar-refractivity contribution in [3.05, 3.63) is 0 Å². The Balaban J connectivity index is 2.08. The van der Waals surface area contributed by atoms with Crippen molar-refractivity contribution in [1.29, 1.82) is 0 Å². The standard InChI is InChI=1S/C13H24N2O/c1-4-6-11-14-12(9(2)3)13(16)15(11)10-7-5-8-10/h9-12,14H,4-8H2,1-3H3. The van der Waals surface area contributed by atoms with Crippen molar-refractivity contribution in [2.24, 2.45) is 5.92 Å². The van der Waals surface area contributed by atoms with Gasteiger partial charge in [0.1, 0.15) is 0 Å². The zero-order valence-electron chi connectivity index (χ0n) is 10.7. The first kappa shape index (κ1) is 11.9. The molecule has 16 heavy (non-hydrogen) atoms. The van der Waals surface area contributed by atoms with Crippen molar-refractivity contribution in [3.8, 4) is 0 Å². The summed E-state index contributed by atoms with van der Waals surface area (Å²) in [5.41, 5.74) is 0. The highest BCUT2D eigenvalue weighted by molar-refractivity contribution is 5.85. The Morgan fingerprint density at radius 1 is 1.44 bits per heavy atom. The van der Waals surface area contributed by atoms with Crippen LogP contribution in [0.4, 0.5) is 0 Å². The molecular formula is C13H24N2O. The molecule has 1 amide bonds. The molecule has 0 aromatic rings. The molecule has 1 heterocycles. The van der Waals surface area contributed by atoms with E-state index in [9.17, 15) is 4.79 Å². The van der Waals surface area contributed by atoms with Gasteiger partial charge >= 0.3 is 0 Å². The fraction of sp³-hybridized carbons (Fsp3) is 0.923. The third-order valence-corrected chi connectivity index (χ3v) is 3.93. The van der Waals surface area contributed by atoms with E-state index in [0.29, 0.717) is 24.0 Å². The highest BCUT2D eigenvalue weighted by Crippen LogP contribution is 2.31. The van der Waals surface area contributed by atoms with E-state index in [-0.39, 0.29) is 6.04 Å². The molecule has 0 aromatic heterocycles. The molecule has 0 aromatic carbocycles. The summed E-state index contributed by atoms with van der Waals surface area (Å²) >= 11 is 0. The third-order valence-electron chi connectivity index (χ3n) is 3.93. The lowest BCUT2D eigenvalue weighted by atomic mass is 9.90. The maximum atomic E-state index is 12.3. The molecule has 2 rings (SSSR count). The number of hydrogen-bond acceptors (Lipinski definition) is 2. The van der Waals surface area contributed by atoms with E-state index in [0.717, 1.165) is 12.8 Å². The van der Waals surface area contributed by atoms with Crippen LogP contribution >= 0.6 is 0 Å². The van der Waals surface area contributed by atoms with Gasteiger partial charge in [-0.05, 0) is 31.6 Å². The van der Waals surface area contributed by atoms with Gasteiger partial charge in [-0.1, -0.05) is 27.2 Å². The van der Waals surface area contributed by atoms with Crippen molar-refractivity contribution in [2.75, 3.05) is 0 Å². The first-order chi connectivity index (χ1) is 7.65. The lowest BCUT2D eigenvalue weighted by Gasteiger charge is -2.38. The Morgan fingerprint density at radius 2 is 2.12 bits per heavy atom. The quantitative estimate of drug-likeness (QED) is 0.793. The first-order valence-electron chi connectivity index (χ1n) is 6.73. The van der Waals surface area contributed by atoms with Crippen LogP contribution in [0.3, 0.4) is 0 Å². The van der Waals surface area contributed by atoms with Gasteiger partial charge in [0.05, 0.1) is 12.2 Å². The summed E-state index contributed by atoms with van der Waals surface area (Å²) in [6.45, 7) is 6.44. The van der Waals surface area contributed by atoms with Gasteiger partial charge in [0.25, 0.3) is 0 Å². The minimum Gasteiger partial charge on any atom is -0.323 e. The van der Waals surface area contributed by atoms with Crippen LogP contribution in [0.5, 0.6) is 0 Å². The normalized spacial score (nSPS) is 31.2. The Bertz CT molecular complexity index is 261. The van der Waals surface area contributed by atoms with E-state index in [1.165, 1.54) is 19.3 Å². The van der Waals surface area contributed by atoms with Crippen LogP contribution in [0.1, 0.15) is 52.9 Å². The van der Waals surface area contributed by atoms with Crippen molar-refractivity contribution >= 4 is 5.91 Å². The van der Waals surface area contributed by atoms with Crippen LogP contribution in [-0.2, 0) is 4.79 Å². The largest absolute Gasteiger partial charge is 0.323 e. The highest BCUT2D eigenvalue weighted by Gasteiger charge is 2.44. The number of nitrogens with zero attached hydrogens (tertiary/aromatic N) is 1. The van der Waals surface area contributed by atoms with Gasteiger partial charge in [0.2, 0.25) is 5.91 Å². The molecule has 3 heteroatoms. The second-order valence-corrected chi connectivity index (χ2v) is 5.52. The van der Waals surface area contributed by atoms with E-state index in [1.54, 1.807) is 0 Å². The van der Waals surface area contributed by atoms with Crippen molar-refractivity contribution < 1.29 is 4.79 Å². The molecule has 1 N–H and O–H groups in total. The van der Waals surface area contributed by atoms with E-state index in [1.807, 2.05) is 0 Å². The van der Waals surface area contributed by atoms with Gasteiger partial charge < -0.3 is 4.90 Å². The second kappa shape index (κ2) is 4.74. The fourth-order valence-corrected chi connectivity index (χ4v) is 2.75. The molecule has 1 aliphatic carbocycles. The monoisotopic (exact) mass is 224 g/mol. The van der Waals surface area contributed by atoms with Crippen molar-refractivity contribution in [2.45, 2.75) is 71.1 Å². The molecule has 2 aliphatic rings. The second-order valence-electron chi connectivity index (χ2n) is 5.52. The summed E-state index contributed by atoms with van der Waals surface area (Å²) < 4.78 is 0. The van der Waals surface area contributed by atoms with Gasteiger partial charge in [-0.15, -0.1) is 0 Å². The van der Waals surface area contributed by atoms with Crippen LogP contribution in [0.2, 0.25) is 0 Å². The van der Waals surface area contributed by atoms with Crippen molar-refractivity contribution in [3.63, 3.8) is 0 Å². The lowest BCUT2D eigenvalue weighted by Crippen LogP contribution is -2.47. The predicted octanol–water partition coefficient (Wildman–Crippen LogP) is 2.12. The molecule has 3 nitrogen and oxygen atoms in total. The summed E-state index contributed by atoms with van der Waals surface area (Å²) in [6.07, 6.45) is 6.23. The molecule has 0 bridgehead atoms. The summed E-state index contributed by atoms with van der Waals surface area (Å²) in [6, 6.07) is 0.581. The van der Waals surface area contributed by atoms with Gasteiger partial charge in [-0.3, -0.25) is 10.1 Å². The molecule has 2 fully saturated rings. The van der Waals surface area contributed by atoms with Crippen LogP contribution in [0.15, 0.2) is 0 Å². The van der Waals surface area contributed by atoms with E-state index in [4.69, 9.17) is 0 Å². The van der Waals surface area contributed by atoms with Crippen molar-refractivity contribution in [1.82, 2.24) is 10.2 Å². The highest BCUT2D eigenvalue weighted by atomic mass is 16.2. The molecule has 92 valence electrons. The van der Waals surface area contributed by atoms with Crippen LogP contribution in [-0.4, -0.2) is 29.1 Å². The van der Waals surface area contributed by atoms with E-state index < -0.39 is 0 Å². The molecular weight excluding hydrogens is 200 g/mol. The zero-order valence-corrected chi connectivity index (χ0v) is 10.7. The van der Waals surface area contributed by atoms with Gasteiger partial charge in [0, 0.05) is 6.04 Å². The molecule has 1 aliphatic heterocycles. The maximum absolute atomic E-state index is 12.3. The van der Waals surface area contributed by atoms with Crippen LogP contribution in [0, 0.1) is 5.92 Å². The van der Waals surface area contributed by atoms with Gasteiger partial charge in [-0.2, -0.15) is 0 Å². The first-order valence-corrected chi connectivity index (χ1v) is 6.73. The molecule has 1 saturated carbocycles. The predicted molar refractivity (Wildman–Crippen MR) is 64.9 cm³/mol. The summed E-state index contributed by atoms with van der Waals surface area (Å²) in [5.74, 6) is 0.745. The average Bonchev–Trinajstić information content (AvgIpc) is 2.44. The molecule has 0 spiro atoms. The Kier molecular flexibility index (Phi) is 3.53. The molecule has 2 atom stereocenters. The molecule has 2 unspecified atom stereocenters. The van der Waals surface area contributed by atoms with E-state index >= 15 is 0 Å². The minimum atomic E-state index is 0.0529. The van der Waals surface area contributed by atoms with Crippen LogP contribution in [0.25, 0.3) is 0 Å². The maximum Gasteiger partial charge on any atom is 0.241 e. The topological polar surface area (TPSA) is 32.3 Å².